The summed E-state index contributed by atoms with van der Waals surface area (Å²) in [5.74, 6) is 2.88. The molecular formula is C13H20N2O3S. The van der Waals surface area contributed by atoms with Crippen molar-refractivity contribution in [2.45, 2.75) is 19.9 Å². The van der Waals surface area contributed by atoms with Crippen LogP contribution in [0.4, 0.5) is 5.69 Å². The van der Waals surface area contributed by atoms with Crippen molar-refractivity contribution in [2.75, 3.05) is 24.7 Å². The van der Waals surface area contributed by atoms with Gasteiger partial charge in [0.25, 0.3) is 5.69 Å². The maximum atomic E-state index is 10.5. The first-order chi connectivity index (χ1) is 9.13. The maximum Gasteiger partial charge on any atom is 0.269 e. The van der Waals surface area contributed by atoms with Gasteiger partial charge in [-0.3, -0.25) is 10.1 Å². The fourth-order valence-electron chi connectivity index (χ4n) is 1.49. The Morgan fingerprint density at radius 2 is 2.11 bits per heavy atom. The number of thioether (sulfide) groups is 1. The fraction of sp³-hybridized carbons (Fsp3) is 0.538. The molecule has 0 aliphatic carbocycles. The van der Waals surface area contributed by atoms with Gasteiger partial charge in [0.15, 0.2) is 0 Å². The molecule has 0 aliphatic heterocycles. The Bertz CT molecular complexity index is 384. The lowest BCUT2D eigenvalue weighted by Crippen LogP contribution is -2.32. The van der Waals surface area contributed by atoms with Crippen molar-refractivity contribution in [3.05, 3.63) is 34.4 Å². The largest absolute Gasteiger partial charge is 0.492 e. The van der Waals surface area contributed by atoms with E-state index in [1.54, 1.807) is 12.1 Å². The van der Waals surface area contributed by atoms with Crippen molar-refractivity contribution >= 4 is 17.4 Å². The van der Waals surface area contributed by atoms with Gasteiger partial charge in [-0.25, -0.2) is 0 Å². The second-order valence-electron chi connectivity index (χ2n) is 4.11. The number of nitrogens with one attached hydrogen (secondary N) is 1. The molecule has 0 bridgehead atoms. The summed E-state index contributed by atoms with van der Waals surface area (Å²) in [6.07, 6.45) is 0. The first-order valence-electron chi connectivity index (χ1n) is 6.32. The van der Waals surface area contributed by atoms with Gasteiger partial charge in [-0.2, -0.15) is 11.8 Å². The fourth-order valence-corrected chi connectivity index (χ4v) is 2.20. The summed E-state index contributed by atoms with van der Waals surface area (Å²) < 4.78 is 5.50. The summed E-state index contributed by atoms with van der Waals surface area (Å²) in [6.45, 7) is 5.62. The quantitative estimate of drug-likeness (QED) is 0.429. The third-order valence-electron chi connectivity index (χ3n) is 2.48. The molecule has 0 aliphatic rings. The highest BCUT2D eigenvalue weighted by Crippen LogP contribution is 2.16. The van der Waals surface area contributed by atoms with Crippen LogP contribution >= 0.6 is 11.8 Å². The van der Waals surface area contributed by atoms with Crippen LogP contribution in [0.15, 0.2) is 24.3 Å². The third kappa shape index (κ3) is 6.45. The van der Waals surface area contributed by atoms with Crippen molar-refractivity contribution in [3.8, 4) is 5.75 Å². The zero-order valence-electron chi connectivity index (χ0n) is 11.3. The van der Waals surface area contributed by atoms with E-state index in [4.69, 9.17) is 4.74 Å². The molecule has 0 spiro atoms. The van der Waals surface area contributed by atoms with E-state index in [1.165, 1.54) is 12.1 Å². The zero-order chi connectivity index (χ0) is 14.1. The lowest BCUT2D eigenvalue weighted by molar-refractivity contribution is -0.384. The minimum absolute atomic E-state index is 0.0793. The molecule has 1 aromatic carbocycles. The molecule has 5 nitrogen and oxygen atoms in total. The standard InChI is InChI=1S/C13H20N2O3S/c1-3-19-10-11(2)14-8-9-18-13-6-4-12(5-7-13)15(16)17/h4-7,11,14H,3,8-10H2,1-2H3. The van der Waals surface area contributed by atoms with E-state index in [0.717, 1.165) is 18.1 Å². The molecule has 19 heavy (non-hydrogen) atoms. The number of benzene rings is 1. The average molecular weight is 284 g/mol. The van der Waals surface area contributed by atoms with Crippen molar-refractivity contribution in [1.29, 1.82) is 0 Å². The zero-order valence-corrected chi connectivity index (χ0v) is 12.1. The number of nitro groups is 1. The van der Waals surface area contributed by atoms with Crippen LogP contribution in [-0.4, -0.2) is 35.6 Å². The summed E-state index contributed by atoms with van der Waals surface area (Å²) >= 11 is 1.91. The number of hydrogen-bond acceptors (Lipinski definition) is 5. The summed E-state index contributed by atoms with van der Waals surface area (Å²) in [4.78, 5) is 10.1. The molecular weight excluding hydrogens is 264 g/mol. The minimum atomic E-state index is -0.418. The highest BCUT2D eigenvalue weighted by molar-refractivity contribution is 7.99. The number of nitrogens with zero attached hydrogens (tertiary/aromatic N) is 1. The monoisotopic (exact) mass is 284 g/mol. The van der Waals surface area contributed by atoms with Crippen LogP contribution in [0.2, 0.25) is 0 Å². The predicted octanol–water partition coefficient (Wildman–Crippen LogP) is 2.70. The number of ether oxygens (including phenoxy) is 1. The van der Waals surface area contributed by atoms with E-state index in [-0.39, 0.29) is 5.69 Å². The van der Waals surface area contributed by atoms with Crippen LogP contribution in [0.3, 0.4) is 0 Å². The first-order valence-corrected chi connectivity index (χ1v) is 7.47. The van der Waals surface area contributed by atoms with Gasteiger partial charge in [0.2, 0.25) is 0 Å². The van der Waals surface area contributed by atoms with Crippen LogP contribution < -0.4 is 10.1 Å². The van der Waals surface area contributed by atoms with E-state index in [0.29, 0.717) is 18.4 Å². The second kappa shape index (κ2) is 8.77. The van der Waals surface area contributed by atoms with Gasteiger partial charge in [-0.1, -0.05) is 6.92 Å². The summed E-state index contributed by atoms with van der Waals surface area (Å²) in [5.41, 5.74) is 0.0793. The molecule has 0 saturated carbocycles. The predicted molar refractivity (Wildman–Crippen MR) is 79.1 cm³/mol. The maximum absolute atomic E-state index is 10.5. The van der Waals surface area contributed by atoms with Crippen molar-refractivity contribution in [2.24, 2.45) is 0 Å². The van der Waals surface area contributed by atoms with E-state index in [9.17, 15) is 10.1 Å². The molecule has 1 unspecified atom stereocenters. The Balaban J connectivity index is 2.20. The highest BCUT2D eigenvalue weighted by Gasteiger charge is 2.04. The van der Waals surface area contributed by atoms with Crippen molar-refractivity contribution < 1.29 is 9.66 Å². The summed E-state index contributed by atoms with van der Waals surface area (Å²) in [5, 5.41) is 13.8. The average Bonchev–Trinajstić information content (AvgIpc) is 2.41. The third-order valence-corrected chi connectivity index (χ3v) is 3.63. The van der Waals surface area contributed by atoms with Crippen LogP contribution in [-0.2, 0) is 0 Å². The summed E-state index contributed by atoms with van der Waals surface area (Å²) in [7, 11) is 0. The van der Waals surface area contributed by atoms with Gasteiger partial charge in [0.1, 0.15) is 12.4 Å². The van der Waals surface area contributed by atoms with Gasteiger partial charge >= 0.3 is 0 Å². The Morgan fingerprint density at radius 3 is 2.68 bits per heavy atom. The summed E-state index contributed by atoms with van der Waals surface area (Å²) in [6, 6.07) is 6.60. The number of rotatable bonds is 9. The molecule has 1 N–H and O–H groups in total. The SMILES string of the molecule is CCSCC(C)NCCOc1ccc([N+](=O)[O-])cc1. The van der Waals surface area contributed by atoms with Gasteiger partial charge in [-0.15, -0.1) is 0 Å². The van der Waals surface area contributed by atoms with E-state index in [1.807, 2.05) is 11.8 Å². The molecule has 1 rings (SSSR count). The molecule has 106 valence electrons. The Kier molecular flexibility index (Phi) is 7.28. The molecule has 0 saturated heterocycles. The smallest absolute Gasteiger partial charge is 0.269 e. The van der Waals surface area contributed by atoms with Crippen LogP contribution in [0.5, 0.6) is 5.75 Å². The normalized spacial score (nSPS) is 12.1. The Hall–Kier alpha value is -1.27. The van der Waals surface area contributed by atoms with E-state index in [2.05, 4.69) is 19.2 Å². The van der Waals surface area contributed by atoms with Crippen LogP contribution in [0.1, 0.15) is 13.8 Å². The Morgan fingerprint density at radius 1 is 1.42 bits per heavy atom. The molecule has 0 fully saturated rings. The number of non-ortho nitro benzene ring substituents is 1. The molecule has 0 heterocycles. The molecule has 0 aromatic heterocycles. The lowest BCUT2D eigenvalue weighted by Gasteiger charge is -2.13. The number of hydrogen-bond donors (Lipinski definition) is 1. The molecule has 6 heteroatoms. The van der Waals surface area contributed by atoms with E-state index < -0.39 is 4.92 Å². The first kappa shape index (κ1) is 15.8. The Labute approximate surface area is 117 Å². The molecule has 1 aromatic rings. The lowest BCUT2D eigenvalue weighted by atomic mass is 10.3. The van der Waals surface area contributed by atoms with Gasteiger partial charge in [0, 0.05) is 30.5 Å². The molecule has 0 radical (unpaired) electrons. The second-order valence-corrected chi connectivity index (χ2v) is 5.43. The van der Waals surface area contributed by atoms with E-state index >= 15 is 0 Å². The topological polar surface area (TPSA) is 64.4 Å². The van der Waals surface area contributed by atoms with Crippen molar-refractivity contribution in [3.63, 3.8) is 0 Å². The highest BCUT2D eigenvalue weighted by atomic mass is 32.2. The van der Waals surface area contributed by atoms with Crippen LogP contribution in [0.25, 0.3) is 0 Å². The van der Waals surface area contributed by atoms with Gasteiger partial charge in [-0.05, 0) is 24.8 Å². The molecule has 0 amide bonds. The van der Waals surface area contributed by atoms with Crippen LogP contribution in [0, 0.1) is 10.1 Å². The molecule has 1 atom stereocenters. The van der Waals surface area contributed by atoms with Crippen molar-refractivity contribution in [1.82, 2.24) is 5.32 Å². The van der Waals surface area contributed by atoms with Gasteiger partial charge in [0.05, 0.1) is 4.92 Å². The minimum Gasteiger partial charge on any atom is -0.492 e. The number of nitro benzene ring substituents is 1. The van der Waals surface area contributed by atoms with Gasteiger partial charge < -0.3 is 10.1 Å².